The van der Waals surface area contributed by atoms with Crippen LogP contribution in [0.15, 0.2) is 182 Å². The summed E-state index contributed by atoms with van der Waals surface area (Å²) in [6, 6.07) is 33.8. The van der Waals surface area contributed by atoms with Gasteiger partial charge in [-0.1, -0.05) is 163 Å². The van der Waals surface area contributed by atoms with E-state index in [9.17, 15) is 5.48 Å². The minimum Gasteiger partial charge on any atom is -0.457 e. The Labute approximate surface area is 403 Å². The second-order valence-corrected chi connectivity index (χ2v) is 20.1. The molecule has 3 aliphatic rings. The molecule has 2 aromatic heterocycles. The van der Waals surface area contributed by atoms with Crippen LogP contribution in [0.2, 0.25) is 0 Å². The van der Waals surface area contributed by atoms with E-state index in [-0.39, 0.29) is 52.5 Å². The molecule has 2 bridgehead atoms. The molecule has 2 unspecified atom stereocenters. The first-order chi connectivity index (χ1) is 36.1. The van der Waals surface area contributed by atoms with Crippen molar-refractivity contribution in [3.05, 3.63) is 204 Å². The van der Waals surface area contributed by atoms with Crippen molar-refractivity contribution in [2.75, 3.05) is 16.5 Å². The summed E-state index contributed by atoms with van der Waals surface area (Å²) in [6.07, 6.45) is 2.70. The largest absolute Gasteiger partial charge is 0.457 e. The summed E-state index contributed by atoms with van der Waals surface area (Å²) < 4.78 is 98.5. The number of pyridine rings is 1. The second kappa shape index (κ2) is 15.2. The van der Waals surface area contributed by atoms with E-state index in [1.165, 1.54) is 16.7 Å². The molecule has 0 N–H and O–H groups in total. The molecule has 1 saturated carbocycles. The number of ether oxygens (including phenoxy) is 1. The van der Waals surface area contributed by atoms with Gasteiger partial charge in [-0.05, 0) is 93.1 Å². The van der Waals surface area contributed by atoms with E-state index >= 15 is 0 Å². The molecule has 1 saturated heterocycles. The molecule has 2 aliphatic carbocycles. The van der Waals surface area contributed by atoms with E-state index in [2.05, 4.69) is 141 Å². The third-order valence-corrected chi connectivity index (χ3v) is 14.2. The Bertz CT molecular complexity index is 3770. The molecule has 9 aromatic rings. The first-order valence-electron chi connectivity index (χ1n) is 27.9. The molecule has 5 nitrogen and oxygen atoms in total. The third kappa shape index (κ3) is 6.62. The van der Waals surface area contributed by atoms with Gasteiger partial charge in [0.05, 0.1) is 49.2 Å². The minimum absolute atomic E-state index is 0.00393. The minimum atomic E-state index is -0.527. The number of nitrogens with zero attached hydrogens (tertiary/aromatic N) is 4. The Balaban J connectivity index is 1.05. The number of benzene rings is 7. The summed E-state index contributed by atoms with van der Waals surface area (Å²) in [6.45, 7) is 13.4. The van der Waals surface area contributed by atoms with Crippen LogP contribution in [-0.2, 0) is 10.8 Å². The van der Waals surface area contributed by atoms with Gasteiger partial charge in [0.15, 0.2) is 0 Å². The lowest BCUT2D eigenvalue weighted by atomic mass is 9.83. The zero-order chi connectivity index (χ0) is 53.6. The average Bonchev–Trinajstić information content (AvgIpc) is 4.18. The van der Waals surface area contributed by atoms with E-state index < -0.39 is 60.4 Å². The molecule has 0 amide bonds. The summed E-state index contributed by atoms with van der Waals surface area (Å²) in [5.74, 6) is 2.17. The molecular weight excluding hydrogens is 805 g/mol. The number of para-hydroxylation sites is 2. The lowest BCUT2D eigenvalue weighted by Crippen LogP contribution is -2.41. The van der Waals surface area contributed by atoms with Crippen molar-refractivity contribution in [3.8, 4) is 39.6 Å². The molecule has 3 heterocycles. The van der Waals surface area contributed by atoms with Crippen molar-refractivity contribution in [2.45, 2.75) is 82.7 Å². The molecule has 0 spiro atoms. The SMILES string of the molecule is [2H]c1c([2H])c([2H])c(-c2cccc(-c3c([2H])c([2H])c([2H])c([2H])c3[2H])c2N2CN(c3cc(Oc4ccc5c6ccccc6n(-c6cc(C(C)(C)C)ccn6)c5c4)cc(C(C)(C)C)c3)C3C2[C@H]2C[C@@H]3c3ccccc32)c([2H])c1[2H]. The van der Waals surface area contributed by atoms with Gasteiger partial charge in [-0.25, -0.2) is 4.98 Å². The van der Waals surface area contributed by atoms with Crippen LogP contribution in [0.5, 0.6) is 11.5 Å². The van der Waals surface area contributed by atoms with Crippen LogP contribution >= 0.6 is 0 Å². The van der Waals surface area contributed by atoms with Crippen molar-refractivity contribution in [3.63, 3.8) is 0 Å². The Kier molecular flexibility index (Phi) is 7.14. The maximum atomic E-state index is 9.28. The van der Waals surface area contributed by atoms with Gasteiger partial charge in [-0.2, -0.15) is 0 Å². The highest BCUT2D eigenvalue weighted by molar-refractivity contribution is 6.09. The first-order valence-corrected chi connectivity index (χ1v) is 22.9. The topological polar surface area (TPSA) is 33.5 Å². The van der Waals surface area contributed by atoms with Gasteiger partial charge in [0.1, 0.15) is 17.3 Å². The molecule has 7 aromatic carbocycles. The monoisotopic (exact) mass is 871 g/mol. The Morgan fingerprint density at radius 1 is 0.561 bits per heavy atom. The molecular formula is C61H56N4O. The van der Waals surface area contributed by atoms with Gasteiger partial charge in [0.25, 0.3) is 0 Å². The summed E-state index contributed by atoms with van der Waals surface area (Å²) in [5, 5.41) is 2.18. The highest BCUT2D eigenvalue weighted by atomic mass is 16.5. The molecule has 2 fully saturated rings. The zero-order valence-electron chi connectivity index (χ0n) is 48.0. The third-order valence-electron chi connectivity index (χ3n) is 14.2. The summed E-state index contributed by atoms with van der Waals surface area (Å²) in [7, 11) is 0. The number of aromatic nitrogens is 2. The van der Waals surface area contributed by atoms with E-state index in [0.29, 0.717) is 28.3 Å². The number of hydrogen-bond acceptors (Lipinski definition) is 4. The number of anilines is 2. The Morgan fingerprint density at radius 3 is 1.85 bits per heavy atom. The van der Waals surface area contributed by atoms with Crippen LogP contribution in [-0.4, -0.2) is 28.3 Å². The molecule has 66 heavy (non-hydrogen) atoms. The predicted molar refractivity (Wildman–Crippen MR) is 274 cm³/mol. The van der Waals surface area contributed by atoms with Crippen molar-refractivity contribution in [1.82, 2.24) is 9.55 Å². The molecule has 1 aliphatic heterocycles. The maximum Gasteiger partial charge on any atom is 0.137 e. The summed E-state index contributed by atoms with van der Waals surface area (Å²) >= 11 is 0. The van der Waals surface area contributed by atoms with Crippen LogP contribution < -0.4 is 14.5 Å². The maximum absolute atomic E-state index is 9.28. The Morgan fingerprint density at radius 2 is 1.18 bits per heavy atom. The lowest BCUT2D eigenvalue weighted by molar-refractivity contribution is 0.478. The fourth-order valence-corrected chi connectivity index (χ4v) is 11.1. The van der Waals surface area contributed by atoms with Crippen molar-refractivity contribution >= 4 is 33.2 Å². The number of rotatable bonds is 7. The van der Waals surface area contributed by atoms with Gasteiger partial charge in [0.2, 0.25) is 0 Å². The van der Waals surface area contributed by atoms with Gasteiger partial charge in [0, 0.05) is 57.8 Å². The normalized spacial score (nSPS) is 21.0. The van der Waals surface area contributed by atoms with E-state index in [4.69, 9.17) is 17.9 Å². The highest BCUT2D eigenvalue weighted by Crippen LogP contribution is 2.61. The standard InChI is InChI=1S/C61H56N4O/c1-60(2,3)41-30-31-62-56(34-41)65-54-27-16-15-24-50(54)51-29-28-44(36-55(51)65)66-45-33-42(61(4,5)6)32-43(35-45)63-38-64(59-53-37-52(58(59)63)48-22-13-14-23-49(48)53)57-46(39-18-9-7-10-19-39)25-17-26-47(57)40-20-11-8-12-21-40/h7-36,52-53,58-59H,37-38H2,1-6H3/t52-,53+,58?,59?/m1/s1/i7D,8D,9D,10D,11D,12D,18D,19D,20D,21D. The van der Waals surface area contributed by atoms with Gasteiger partial charge in [-0.3, -0.25) is 4.57 Å². The fourth-order valence-electron chi connectivity index (χ4n) is 11.1. The number of fused-ring (bicyclic) bond motifs is 11. The van der Waals surface area contributed by atoms with Crippen molar-refractivity contribution in [1.29, 1.82) is 0 Å². The zero-order valence-corrected chi connectivity index (χ0v) is 38.0. The molecule has 5 heteroatoms. The quantitative estimate of drug-likeness (QED) is 0.160. The highest BCUT2D eigenvalue weighted by Gasteiger charge is 2.59. The van der Waals surface area contributed by atoms with Gasteiger partial charge in [-0.15, -0.1) is 0 Å². The van der Waals surface area contributed by atoms with Crippen LogP contribution in [0.25, 0.3) is 49.9 Å². The van der Waals surface area contributed by atoms with Crippen LogP contribution in [0.1, 0.15) is 95.8 Å². The summed E-state index contributed by atoms with van der Waals surface area (Å²) in [4.78, 5) is 9.51. The molecule has 12 rings (SSSR count). The van der Waals surface area contributed by atoms with Gasteiger partial charge < -0.3 is 14.5 Å². The van der Waals surface area contributed by atoms with E-state index in [1.807, 2.05) is 18.3 Å². The second-order valence-electron chi connectivity index (χ2n) is 20.1. The van der Waals surface area contributed by atoms with Crippen LogP contribution in [0.3, 0.4) is 0 Å². The molecule has 4 atom stereocenters. The van der Waals surface area contributed by atoms with Crippen molar-refractivity contribution < 1.29 is 18.4 Å². The van der Waals surface area contributed by atoms with Crippen LogP contribution in [0, 0.1) is 0 Å². The predicted octanol–water partition coefficient (Wildman–Crippen LogP) is 15.2. The Hall–Kier alpha value is -7.11. The molecule has 0 radical (unpaired) electrons. The average molecular weight is 871 g/mol. The van der Waals surface area contributed by atoms with E-state index in [1.54, 1.807) is 18.2 Å². The van der Waals surface area contributed by atoms with Crippen molar-refractivity contribution in [2.24, 2.45) is 0 Å². The number of hydrogen-bond donors (Lipinski definition) is 0. The van der Waals surface area contributed by atoms with E-state index in [0.717, 1.165) is 45.3 Å². The van der Waals surface area contributed by atoms with Crippen LogP contribution in [0.4, 0.5) is 11.4 Å². The van der Waals surface area contributed by atoms with Gasteiger partial charge >= 0.3 is 0 Å². The summed E-state index contributed by atoms with van der Waals surface area (Å²) in [5.41, 5.74) is 8.13. The first kappa shape index (κ1) is 30.9. The smallest absolute Gasteiger partial charge is 0.137 e. The lowest BCUT2D eigenvalue weighted by Gasteiger charge is -2.36. The fraction of sp³-hybridized carbons (Fsp3) is 0.230. The molecule has 326 valence electrons.